The van der Waals surface area contributed by atoms with E-state index >= 15 is 0 Å². The second-order valence-corrected chi connectivity index (χ2v) is 7.85. The Morgan fingerprint density at radius 3 is 2.55 bits per heavy atom. The summed E-state index contributed by atoms with van der Waals surface area (Å²) in [7, 11) is -3.80. The molecule has 0 radical (unpaired) electrons. The molecule has 1 amide bonds. The summed E-state index contributed by atoms with van der Waals surface area (Å²) in [6, 6.07) is 0. The molecule has 0 aromatic carbocycles. The van der Waals surface area contributed by atoms with Crippen molar-refractivity contribution in [3.05, 3.63) is 12.4 Å². The first kappa shape index (κ1) is 17.0. The van der Waals surface area contributed by atoms with Crippen molar-refractivity contribution < 1.29 is 17.9 Å². The van der Waals surface area contributed by atoms with Gasteiger partial charge in [0.05, 0.1) is 12.2 Å². The van der Waals surface area contributed by atoms with Crippen molar-refractivity contribution in [1.29, 1.82) is 0 Å². The molecule has 2 rings (SSSR count). The molecule has 22 heavy (non-hydrogen) atoms. The van der Waals surface area contributed by atoms with Crippen LogP contribution in [-0.2, 0) is 25.9 Å². The van der Waals surface area contributed by atoms with E-state index in [0.717, 1.165) is 0 Å². The van der Waals surface area contributed by atoms with Gasteiger partial charge in [-0.15, -0.1) is 0 Å². The molecule has 1 aliphatic heterocycles. The van der Waals surface area contributed by atoms with Gasteiger partial charge in [-0.25, -0.2) is 13.4 Å². The zero-order valence-corrected chi connectivity index (χ0v) is 14.2. The lowest BCUT2D eigenvalue weighted by Gasteiger charge is -2.36. The van der Waals surface area contributed by atoms with Gasteiger partial charge >= 0.3 is 0 Å². The highest BCUT2D eigenvalue weighted by Crippen LogP contribution is 2.19. The van der Waals surface area contributed by atoms with Gasteiger partial charge in [0.2, 0.25) is 20.9 Å². The van der Waals surface area contributed by atoms with E-state index < -0.39 is 21.0 Å². The SMILES string of the molecule is CCn1ccnc1S(=O)(=O)[C@H](C)C(=O)N1C[C@@H](C)O[C@@H](C)C1. The fourth-order valence-corrected chi connectivity index (χ4v) is 4.15. The molecule has 1 saturated heterocycles. The Kier molecular flexibility index (Phi) is 4.91. The van der Waals surface area contributed by atoms with E-state index in [0.29, 0.717) is 19.6 Å². The predicted molar refractivity (Wildman–Crippen MR) is 81.1 cm³/mol. The number of carbonyl (C=O) groups excluding carboxylic acids is 1. The molecule has 0 aliphatic carbocycles. The van der Waals surface area contributed by atoms with Crippen molar-refractivity contribution in [2.75, 3.05) is 13.1 Å². The van der Waals surface area contributed by atoms with Crippen LogP contribution in [0.5, 0.6) is 0 Å². The van der Waals surface area contributed by atoms with E-state index in [9.17, 15) is 13.2 Å². The zero-order chi connectivity index (χ0) is 16.5. The Hall–Kier alpha value is -1.41. The summed E-state index contributed by atoms with van der Waals surface area (Å²) in [6.45, 7) is 8.31. The van der Waals surface area contributed by atoms with Crippen molar-refractivity contribution in [2.45, 2.75) is 56.9 Å². The van der Waals surface area contributed by atoms with E-state index in [1.807, 2.05) is 20.8 Å². The van der Waals surface area contributed by atoms with Crippen molar-refractivity contribution in [2.24, 2.45) is 0 Å². The first-order valence-corrected chi connectivity index (χ1v) is 9.01. The van der Waals surface area contributed by atoms with Gasteiger partial charge in [-0.2, -0.15) is 0 Å². The molecule has 2 heterocycles. The zero-order valence-electron chi connectivity index (χ0n) is 13.4. The molecule has 3 atom stereocenters. The van der Waals surface area contributed by atoms with Crippen LogP contribution in [0.1, 0.15) is 27.7 Å². The number of morpholine rings is 1. The maximum atomic E-state index is 12.7. The Morgan fingerprint density at radius 1 is 1.41 bits per heavy atom. The number of aryl methyl sites for hydroxylation is 1. The molecule has 124 valence electrons. The number of nitrogens with zero attached hydrogens (tertiary/aromatic N) is 3. The molecule has 0 spiro atoms. The summed E-state index contributed by atoms with van der Waals surface area (Å²) in [4.78, 5) is 18.1. The van der Waals surface area contributed by atoms with Gasteiger partial charge in [-0.3, -0.25) is 4.79 Å². The highest BCUT2D eigenvalue weighted by molar-refractivity contribution is 7.92. The molecule has 0 bridgehead atoms. The molecule has 0 saturated carbocycles. The van der Waals surface area contributed by atoms with Gasteiger partial charge in [-0.05, 0) is 27.7 Å². The Labute approximate surface area is 131 Å². The van der Waals surface area contributed by atoms with Crippen molar-refractivity contribution in [3.8, 4) is 0 Å². The van der Waals surface area contributed by atoms with Gasteiger partial charge in [-0.1, -0.05) is 0 Å². The van der Waals surface area contributed by atoms with Gasteiger partial charge < -0.3 is 14.2 Å². The van der Waals surface area contributed by atoms with Gasteiger partial charge in [0, 0.05) is 32.0 Å². The lowest BCUT2D eigenvalue weighted by molar-refractivity contribution is -0.142. The quantitative estimate of drug-likeness (QED) is 0.812. The smallest absolute Gasteiger partial charge is 0.241 e. The summed E-state index contributed by atoms with van der Waals surface area (Å²) in [5, 5.41) is -1.21. The number of aromatic nitrogens is 2. The number of hydrogen-bond acceptors (Lipinski definition) is 5. The van der Waals surface area contributed by atoms with Crippen LogP contribution in [0.15, 0.2) is 17.6 Å². The van der Waals surface area contributed by atoms with E-state index in [1.54, 1.807) is 11.1 Å². The minimum Gasteiger partial charge on any atom is -0.372 e. The predicted octanol–water partition coefficient (Wildman–Crippen LogP) is 0.701. The normalized spacial score (nSPS) is 24.3. The van der Waals surface area contributed by atoms with Crippen molar-refractivity contribution in [3.63, 3.8) is 0 Å². The monoisotopic (exact) mass is 329 g/mol. The fourth-order valence-electron chi connectivity index (χ4n) is 2.70. The van der Waals surface area contributed by atoms with E-state index in [4.69, 9.17) is 4.74 Å². The summed E-state index contributed by atoms with van der Waals surface area (Å²) in [6.07, 6.45) is 2.84. The molecule has 1 aliphatic rings. The third-order valence-corrected chi connectivity index (χ3v) is 5.80. The third kappa shape index (κ3) is 3.17. The second-order valence-electron chi connectivity index (χ2n) is 5.68. The number of rotatable bonds is 4. The first-order chi connectivity index (χ1) is 10.3. The molecule has 1 aromatic heterocycles. The van der Waals surface area contributed by atoms with Crippen LogP contribution in [-0.4, -0.2) is 59.3 Å². The fraction of sp³-hybridized carbons (Fsp3) is 0.714. The number of hydrogen-bond donors (Lipinski definition) is 0. The van der Waals surface area contributed by atoms with Crippen LogP contribution < -0.4 is 0 Å². The maximum Gasteiger partial charge on any atom is 0.241 e. The highest BCUT2D eigenvalue weighted by Gasteiger charge is 2.37. The number of amides is 1. The maximum absolute atomic E-state index is 12.7. The minimum atomic E-state index is -3.80. The minimum absolute atomic E-state index is 0.0507. The molecule has 1 fully saturated rings. The number of imidazole rings is 1. The van der Waals surface area contributed by atoms with E-state index in [-0.39, 0.29) is 17.4 Å². The lowest BCUT2D eigenvalue weighted by atomic mass is 10.2. The molecular formula is C14H23N3O4S. The van der Waals surface area contributed by atoms with Crippen LogP contribution in [0.3, 0.4) is 0 Å². The molecule has 0 unspecified atom stereocenters. The second kappa shape index (κ2) is 6.37. The van der Waals surface area contributed by atoms with Gasteiger partial charge in [0.25, 0.3) is 0 Å². The van der Waals surface area contributed by atoms with Crippen LogP contribution in [0.4, 0.5) is 0 Å². The topological polar surface area (TPSA) is 81.5 Å². The Balaban J connectivity index is 2.23. The molecular weight excluding hydrogens is 306 g/mol. The molecule has 7 nitrogen and oxygen atoms in total. The Morgan fingerprint density at radius 2 is 2.00 bits per heavy atom. The first-order valence-electron chi connectivity index (χ1n) is 7.46. The van der Waals surface area contributed by atoms with Crippen molar-refractivity contribution in [1.82, 2.24) is 14.5 Å². The summed E-state index contributed by atoms with van der Waals surface area (Å²) >= 11 is 0. The molecule has 8 heteroatoms. The molecule has 1 aromatic rings. The third-order valence-electron chi connectivity index (χ3n) is 3.82. The number of sulfone groups is 1. The number of ether oxygens (including phenoxy) is 1. The van der Waals surface area contributed by atoms with Gasteiger partial charge in [0.1, 0.15) is 5.25 Å². The van der Waals surface area contributed by atoms with E-state index in [2.05, 4.69) is 4.98 Å². The van der Waals surface area contributed by atoms with E-state index in [1.165, 1.54) is 17.7 Å². The van der Waals surface area contributed by atoms with Crippen LogP contribution in [0.25, 0.3) is 0 Å². The van der Waals surface area contributed by atoms with Gasteiger partial charge in [0.15, 0.2) is 0 Å². The highest BCUT2D eigenvalue weighted by atomic mass is 32.2. The average molecular weight is 329 g/mol. The standard InChI is InChI=1S/C14H23N3O4S/c1-5-16-7-6-15-14(16)22(19,20)12(4)13(18)17-8-10(2)21-11(3)9-17/h6-7,10-12H,5,8-9H2,1-4H3/t10-,11+,12-/m1/s1. The van der Waals surface area contributed by atoms with Crippen LogP contribution in [0.2, 0.25) is 0 Å². The lowest BCUT2D eigenvalue weighted by Crippen LogP contribution is -2.52. The summed E-state index contributed by atoms with van der Waals surface area (Å²) in [5.41, 5.74) is 0. The van der Waals surface area contributed by atoms with Crippen LogP contribution in [0, 0.1) is 0 Å². The number of carbonyl (C=O) groups is 1. The average Bonchev–Trinajstić information content (AvgIpc) is 2.93. The largest absolute Gasteiger partial charge is 0.372 e. The van der Waals surface area contributed by atoms with Crippen molar-refractivity contribution >= 4 is 15.7 Å². The Bertz CT molecular complexity index is 630. The van der Waals surface area contributed by atoms with Crippen LogP contribution >= 0.6 is 0 Å². The molecule has 0 N–H and O–H groups in total. The summed E-state index contributed by atoms with van der Waals surface area (Å²) in [5.74, 6) is -0.396. The summed E-state index contributed by atoms with van der Waals surface area (Å²) < 4.78 is 32.4.